The molecule has 2 aromatic carbocycles. The summed E-state index contributed by atoms with van der Waals surface area (Å²) in [6.45, 7) is 0. The molecular weight excluding hydrogens is 450 g/mol. The molecule has 2 heterocycles. The lowest BCUT2D eigenvalue weighted by Gasteiger charge is -2.32. The Morgan fingerprint density at radius 3 is 2.88 bits per heavy atom. The number of rotatable bonds is 5. The number of hydrogen-bond acceptors (Lipinski definition) is 7. The molecule has 32 heavy (non-hydrogen) atoms. The van der Waals surface area contributed by atoms with Crippen LogP contribution in [0.4, 0.5) is 11.6 Å². The lowest BCUT2D eigenvalue weighted by Crippen LogP contribution is -2.31. The molecule has 0 amide bonds. The molecular formula is C22H18ClN5O3S. The van der Waals surface area contributed by atoms with E-state index in [9.17, 15) is 14.9 Å². The smallest absolute Gasteiger partial charge is 0.269 e. The molecule has 0 saturated heterocycles. The highest BCUT2D eigenvalue weighted by Crippen LogP contribution is 2.41. The molecule has 1 N–H and O–H groups in total. The van der Waals surface area contributed by atoms with E-state index in [1.54, 1.807) is 16.8 Å². The first kappa shape index (κ1) is 20.7. The highest BCUT2D eigenvalue weighted by molar-refractivity contribution is 7.98. The number of non-ortho nitro benzene ring substituents is 1. The van der Waals surface area contributed by atoms with E-state index >= 15 is 0 Å². The van der Waals surface area contributed by atoms with Crippen LogP contribution in [0.5, 0.6) is 0 Å². The number of Topliss-reactive ketones (excluding diaryl/α,β-unsaturated/α-hetero) is 1. The van der Waals surface area contributed by atoms with Gasteiger partial charge in [0.1, 0.15) is 6.04 Å². The molecule has 0 bridgehead atoms. The topological polar surface area (TPSA) is 103 Å². The second kappa shape index (κ2) is 8.40. The van der Waals surface area contributed by atoms with Gasteiger partial charge < -0.3 is 5.32 Å². The minimum absolute atomic E-state index is 0.0265. The normalized spacial score (nSPS) is 17.5. The van der Waals surface area contributed by atoms with Gasteiger partial charge in [0, 0.05) is 40.6 Å². The number of anilines is 1. The lowest BCUT2D eigenvalue weighted by molar-refractivity contribution is -0.384. The highest BCUT2D eigenvalue weighted by atomic mass is 35.5. The van der Waals surface area contributed by atoms with Crippen LogP contribution in [0.25, 0.3) is 0 Å². The molecule has 162 valence electrons. The standard InChI is InChI=1S/C22H18ClN5O3S/c23-16-8-2-1-5-14(16)12-32-22-25-21-24-17-9-4-10-18(29)19(17)20(27(21)26-22)13-6-3-7-15(11-13)28(30)31/h1-3,5-8,11,20H,4,9-10,12H2,(H,24,25,26)/t20-/m0/s1. The minimum Gasteiger partial charge on any atom is -0.328 e. The second-order valence-corrected chi connectivity index (χ2v) is 8.94. The molecule has 2 aliphatic rings. The molecule has 10 heteroatoms. The molecule has 0 unspecified atom stereocenters. The first-order valence-corrected chi connectivity index (χ1v) is 11.5. The van der Waals surface area contributed by atoms with Crippen LogP contribution in [-0.2, 0) is 10.5 Å². The van der Waals surface area contributed by atoms with Gasteiger partial charge in [-0.05, 0) is 30.0 Å². The number of carbonyl (C=O) groups is 1. The number of nitrogens with zero attached hydrogens (tertiary/aromatic N) is 4. The zero-order chi connectivity index (χ0) is 22.2. The van der Waals surface area contributed by atoms with Gasteiger partial charge in [-0.1, -0.05) is 53.7 Å². The van der Waals surface area contributed by atoms with Crippen LogP contribution in [0.1, 0.15) is 36.4 Å². The van der Waals surface area contributed by atoms with E-state index < -0.39 is 11.0 Å². The molecule has 5 rings (SSSR count). The summed E-state index contributed by atoms with van der Waals surface area (Å²) in [6.07, 6.45) is 1.93. The SMILES string of the molecule is O=C1CCCC2=C1[C@H](c1cccc([N+](=O)[O-])c1)n1nc(SCc3ccccc3Cl)nc1N2. The van der Waals surface area contributed by atoms with Crippen LogP contribution >= 0.6 is 23.4 Å². The van der Waals surface area contributed by atoms with Crippen molar-refractivity contribution in [3.8, 4) is 0 Å². The van der Waals surface area contributed by atoms with Crippen LogP contribution in [0.2, 0.25) is 5.02 Å². The van der Waals surface area contributed by atoms with Gasteiger partial charge in [0.15, 0.2) is 5.78 Å². The van der Waals surface area contributed by atoms with Gasteiger partial charge >= 0.3 is 0 Å². The van der Waals surface area contributed by atoms with E-state index in [0.29, 0.717) is 39.4 Å². The summed E-state index contributed by atoms with van der Waals surface area (Å²) in [5, 5.41) is 20.5. The van der Waals surface area contributed by atoms with Gasteiger partial charge in [-0.3, -0.25) is 14.9 Å². The first-order valence-electron chi connectivity index (χ1n) is 10.1. The fourth-order valence-electron chi connectivity index (χ4n) is 4.07. The van der Waals surface area contributed by atoms with Crippen molar-refractivity contribution in [3.63, 3.8) is 0 Å². The molecule has 3 aromatic rings. The van der Waals surface area contributed by atoms with Crippen LogP contribution in [-0.4, -0.2) is 25.5 Å². The van der Waals surface area contributed by atoms with Crippen LogP contribution < -0.4 is 5.32 Å². The van der Waals surface area contributed by atoms with E-state index in [1.807, 2.05) is 24.3 Å². The van der Waals surface area contributed by atoms with E-state index in [0.717, 1.165) is 24.1 Å². The van der Waals surface area contributed by atoms with Crippen LogP contribution in [0.15, 0.2) is 65.0 Å². The van der Waals surface area contributed by atoms with Crippen molar-refractivity contribution in [2.45, 2.75) is 36.2 Å². The Morgan fingerprint density at radius 1 is 1.22 bits per heavy atom. The lowest BCUT2D eigenvalue weighted by atomic mass is 9.85. The van der Waals surface area contributed by atoms with Gasteiger partial charge in [0.25, 0.3) is 5.69 Å². The number of nitro benzene ring substituents is 1. The number of allylic oxidation sites excluding steroid dienone is 2. The molecule has 1 aliphatic heterocycles. The van der Waals surface area contributed by atoms with Gasteiger partial charge in [-0.15, -0.1) is 5.10 Å². The maximum Gasteiger partial charge on any atom is 0.269 e. The third kappa shape index (κ3) is 3.78. The quantitative estimate of drug-likeness (QED) is 0.314. The molecule has 0 spiro atoms. The van der Waals surface area contributed by atoms with Gasteiger partial charge in [0.05, 0.1) is 4.92 Å². The summed E-state index contributed by atoms with van der Waals surface area (Å²) >= 11 is 7.70. The van der Waals surface area contributed by atoms with Crippen molar-refractivity contribution in [1.29, 1.82) is 0 Å². The monoisotopic (exact) mass is 467 g/mol. The number of nitro groups is 1. The van der Waals surface area contributed by atoms with Crippen molar-refractivity contribution >= 4 is 40.8 Å². The van der Waals surface area contributed by atoms with E-state index in [4.69, 9.17) is 11.6 Å². The van der Waals surface area contributed by atoms with Gasteiger partial charge in [-0.25, -0.2) is 4.68 Å². The fraction of sp³-hybridized carbons (Fsp3) is 0.227. The van der Waals surface area contributed by atoms with E-state index in [-0.39, 0.29) is 11.5 Å². The van der Waals surface area contributed by atoms with Crippen molar-refractivity contribution in [2.75, 3.05) is 5.32 Å². The average molecular weight is 468 g/mol. The van der Waals surface area contributed by atoms with Gasteiger partial charge in [-0.2, -0.15) is 4.98 Å². The molecule has 1 aromatic heterocycles. The number of thioether (sulfide) groups is 1. The Bertz CT molecular complexity index is 1270. The zero-order valence-electron chi connectivity index (χ0n) is 16.8. The summed E-state index contributed by atoms with van der Waals surface area (Å²) in [6, 6.07) is 13.4. The summed E-state index contributed by atoms with van der Waals surface area (Å²) in [7, 11) is 0. The molecule has 1 atom stereocenters. The molecule has 0 fully saturated rings. The number of hydrogen-bond donors (Lipinski definition) is 1. The predicted molar refractivity (Wildman–Crippen MR) is 122 cm³/mol. The molecule has 0 radical (unpaired) electrons. The predicted octanol–water partition coefficient (Wildman–Crippen LogP) is 5.15. The van der Waals surface area contributed by atoms with Crippen molar-refractivity contribution in [2.24, 2.45) is 0 Å². The summed E-state index contributed by atoms with van der Waals surface area (Å²) in [5.41, 5.74) is 3.01. The van der Waals surface area contributed by atoms with Gasteiger partial charge in [0.2, 0.25) is 11.1 Å². The Labute approximate surface area is 192 Å². The zero-order valence-corrected chi connectivity index (χ0v) is 18.4. The largest absolute Gasteiger partial charge is 0.328 e. The molecule has 1 aliphatic carbocycles. The first-order chi connectivity index (χ1) is 15.5. The number of ketones is 1. The number of aromatic nitrogens is 3. The number of carbonyl (C=O) groups excluding carboxylic acids is 1. The summed E-state index contributed by atoms with van der Waals surface area (Å²) in [4.78, 5) is 28.4. The maximum atomic E-state index is 12.9. The van der Waals surface area contributed by atoms with Crippen molar-refractivity contribution < 1.29 is 9.72 Å². The maximum absolute atomic E-state index is 12.9. The highest BCUT2D eigenvalue weighted by Gasteiger charge is 2.37. The number of nitrogens with one attached hydrogen (secondary N) is 1. The van der Waals surface area contributed by atoms with E-state index in [2.05, 4.69) is 15.4 Å². The van der Waals surface area contributed by atoms with Crippen LogP contribution in [0, 0.1) is 10.1 Å². The number of fused-ring (bicyclic) bond motifs is 1. The number of halogens is 1. The third-order valence-corrected chi connectivity index (χ3v) is 6.82. The van der Waals surface area contributed by atoms with E-state index in [1.165, 1.54) is 23.9 Å². The Morgan fingerprint density at radius 2 is 2.06 bits per heavy atom. The van der Waals surface area contributed by atoms with Crippen molar-refractivity contribution in [1.82, 2.24) is 14.8 Å². The Kier molecular flexibility index (Phi) is 5.44. The molecule has 8 nitrogen and oxygen atoms in total. The van der Waals surface area contributed by atoms with Crippen LogP contribution in [0.3, 0.4) is 0 Å². The number of benzene rings is 2. The summed E-state index contributed by atoms with van der Waals surface area (Å²) < 4.78 is 1.66. The Balaban J connectivity index is 1.54. The summed E-state index contributed by atoms with van der Waals surface area (Å²) in [5.74, 6) is 1.15. The Hall–Kier alpha value is -3.17. The third-order valence-electron chi connectivity index (χ3n) is 5.56. The minimum atomic E-state index is -0.559. The fourth-order valence-corrected chi connectivity index (χ4v) is 5.19. The van der Waals surface area contributed by atoms with Crippen molar-refractivity contribution in [3.05, 3.63) is 86.1 Å². The molecule has 0 saturated carbocycles. The average Bonchev–Trinajstić information content (AvgIpc) is 3.20. The second-order valence-electron chi connectivity index (χ2n) is 7.59.